The van der Waals surface area contributed by atoms with Crippen molar-refractivity contribution in [3.05, 3.63) is 28.8 Å². The standard InChI is InChI=1S/C23H38O3S/c1-8-17(27)15-26-20(24)12-10-9-11-16-13-18(22(2,3)4)21(25)19(14-16)23(5,6)7/h13-14,17,25,27H,8-12,15H2,1-7H3. The Labute approximate surface area is 171 Å². The largest absolute Gasteiger partial charge is 0.507 e. The summed E-state index contributed by atoms with van der Waals surface area (Å²) in [7, 11) is 0. The average molecular weight is 395 g/mol. The van der Waals surface area contributed by atoms with Crippen molar-refractivity contribution in [2.45, 2.75) is 96.7 Å². The van der Waals surface area contributed by atoms with Crippen LogP contribution in [-0.2, 0) is 26.8 Å². The van der Waals surface area contributed by atoms with Gasteiger partial charge in [0.1, 0.15) is 12.4 Å². The molecule has 0 fully saturated rings. The van der Waals surface area contributed by atoms with Crippen molar-refractivity contribution in [3.63, 3.8) is 0 Å². The number of ether oxygens (including phenoxy) is 1. The summed E-state index contributed by atoms with van der Waals surface area (Å²) < 4.78 is 5.24. The molecular weight excluding hydrogens is 356 g/mol. The van der Waals surface area contributed by atoms with Crippen LogP contribution in [0, 0.1) is 0 Å². The fourth-order valence-electron chi connectivity index (χ4n) is 2.96. The molecule has 1 N–H and O–H groups in total. The van der Waals surface area contributed by atoms with Gasteiger partial charge in [-0.2, -0.15) is 12.6 Å². The molecule has 0 saturated heterocycles. The number of carbonyl (C=O) groups is 1. The number of unbranched alkanes of at least 4 members (excludes halogenated alkanes) is 1. The van der Waals surface area contributed by atoms with E-state index < -0.39 is 0 Å². The SMILES string of the molecule is CCC(S)COC(=O)CCCCc1cc(C(C)(C)C)c(O)c(C(C)(C)C)c1. The van der Waals surface area contributed by atoms with E-state index in [1.807, 2.05) is 6.92 Å². The summed E-state index contributed by atoms with van der Waals surface area (Å²) in [5, 5.41) is 10.9. The van der Waals surface area contributed by atoms with Gasteiger partial charge in [-0.05, 0) is 53.2 Å². The number of hydrogen-bond acceptors (Lipinski definition) is 4. The lowest BCUT2D eigenvalue weighted by Crippen LogP contribution is -2.18. The van der Waals surface area contributed by atoms with Crippen molar-refractivity contribution in [3.8, 4) is 5.75 Å². The molecule has 154 valence electrons. The second kappa shape index (κ2) is 9.86. The Bertz CT molecular complexity index is 588. The molecule has 1 aromatic carbocycles. The maximum Gasteiger partial charge on any atom is 0.305 e. The highest BCUT2D eigenvalue weighted by molar-refractivity contribution is 7.81. The summed E-state index contributed by atoms with van der Waals surface area (Å²) in [5.74, 6) is 0.276. The minimum absolute atomic E-state index is 0.118. The molecule has 1 rings (SSSR count). The van der Waals surface area contributed by atoms with Gasteiger partial charge in [0.2, 0.25) is 0 Å². The summed E-state index contributed by atoms with van der Waals surface area (Å²) in [6, 6.07) is 4.24. The van der Waals surface area contributed by atoms with Crippen molar-refractivity contribution in [1.29, 1.82) is 0 Å². The molecule has 27 heavy (non-hydrogen) atoms. The predicted molar refractivity (Wildman–Crippen MR) is 117 cm³/mol. The number of phenolic OH excluding ortho intramolecular Hbond substituents is 1. The highest BCUT2D eigenvalue weighted by Gasteiger charge is 2.26. The van der Waals surface area contributed by atoms with Crippen LogP contribution in [0.25, 0.3) is 0 Å². The second-order valence-electron chi connectivity index (χ2n) is 9.49. The number of rotatable bonds is 8. The van der Waals surface area contributed by atoms with Crippen LogP contribution in [0.1, 0.15) is 90.8 Å². The molecule has 0 heterocycles. The number of esters is 1. The minimum atomic E-state index is -0.140. The molecule has 4 heteroatoms. The Morgan fingerprint density at radius 1 is 1.07 bits per heavy atom. The molecule has 0 aliphatic carbocycles. The normalized spacial score (nSPS) is 13.5. The van der Waals surface area contributed by atoms with Crippen LogP contribution < -0.4 is 0 Å². The Hall–Kier alpha value is -1.16. The summed E-state index contributed by atoms with van der Waals surface area (Å²) in [6.07, 6.45) is 3.96. The van der Waals surface area contributed by atoms with E-state index in [1.165, 1.54) is 5.56 Å². The molecule has 3 nitrogen and oxygen atoms in total. The number of carbonyl (C=O) groups excluding carboxylic acids is 1. The van der Waals surface area contributed by atoms with Gasteiger partial charge in [0, 0.05) is 11.7 Å². The minimum Gasteiger partial charge on any atom is -0.507 e. The van der Waals surface area contributed by atoms with Crippen LogP contribution in [0.2, 0.25) is 0 Å². The molecule has 0 saturated carbocycles. The second-order valence-corrected chi connectivity index (χ2v) is 10.2. The third kappa shape index (κ3) is 7.77. The van der Waals surface area contributed by atoms with Gasteiger partial charge in [-0.15, -0.1) is 0 Å². The number of benzene rings is 1. The van der Waals surface area contributed by atoms with E-state index in [9.17, 15) is 9.90 Å². The Balaban J connectivity index is 2.74. The molecule has 1 aromatic rings. The first-order valence-electron chi connectivity index (χ1n) is 10.1. The Kier molecular flexibility index (Phi) is 8.72. The monoisotopic (exact) mass is 394 g/mol. The molecule has 0 aliphatic rings. The molecule has 0 radical (unpaired) electrons. The third-order valence-corrected chi connectivity index (χ3v) is 5.30. The van der Waals surface area contributed by atoms with Crippen LogP contribution in [0.15, 0.2) is 12.1 Å². The number of hydrogen-bond donors (Lipinski definition) is 2. The lowest BCUT2D eigenvalue weighted by molar-refractivity contribution is -0.143. The van der Waals surface area contributed by atoms with E-state index in [1.54, 1.807) is 0 Å². The fourth-order valence-corrected chi connectivity index (χ4v) is 3.03. The molecule has 0 bridgehead atoms. The molecule has 0 spiro atoms. The summed E-state index contributed by atoms with van der Waals surface area (Å²) in [6.45, 7) is 15.2. The van der Waals surface area contributed by atoms with Crippen molar-refractivity contribution in [2.24, 2.45) is 0 Å². The smallest absolute Gasteiger partial charge is 0.305 e. The fraction of sp³-hybridized carbons (Fsp3) is 0.696. The number of aromatic hydroxyl groups is 1. The van der Waals surface area contributed by atoms with Crippen LogP contribution in [-0.4, -0.2) is 22.9 Å². The average Bonchev–Trinajstić information content (AvgIpc) is 2.55. The van der Waals surface area contributed by atoms with Gasteiger partial charge in [0.25, 0.3) is 0 Å². The zero-order chi connectivity index (χ0) is 20.8. The predicted octanol–water partition coefficient (Wildman–Crippen LogP) is 5.95. The first-order chi connectivity index (χ1) is 12.4. The Morgan fingerprint density at radius 3 is 2.04 bits per heavy atom. The number of phenols is 1. The maximum atomic E-state index is 11.8. The van der Waals surface area contributed by atoms with Gasteiger partial charge in [-0.1, -0.05) is 60.6 Å². The maximum absolute atomic E-state index is 11.8. The number of thiol groups is 1. The van der Waals surface area contributed by atoms with Gasteiger partial charge in [0.05, 0.1) is 0 Å². The van der Waals surface area contributed by atoms with Crippen molar-refractivity contribution < 1.29 is 14.6 Å². The lowest BCUT2D eigenvalue weighted by atomic mass is 9.78. The lowest BCUT2D eigenvalue weighted by Gasteiger charge is -2.28. The first kappa shape index (κ1) is 23.9. The molecular formula is C23H38O3S. The first-order valence-corrected chi connectivity index (χ1v) is 10.6. The van der Waals surface area contributed by atoms with E-state index in [4.69, 9.17) is 4.74 Å². The Morgan fingerprint density at radius 2 is 1.59 bits per heavy atom. The quantitative estimate of drug-likeness (QED) is 0.325. The molecule has 0 aliphatic heterocycles. The van der Waals surface area contributed by atoms with E-state index in [2.05, 4.69) is 66.3 Å². The summed E-state index contributed by atoms with van der Waals surface area (Å²) in [4.78, 5) is 11.8. The van der Waals surface area contributed by atoms with E-state index in [0.29, 0.717) is 18.8 Å². The summed E-state index contributed by atoms with van der Waals surface area (Å²) >= 11 is 4.34. The molecule has 0 aromatic heterocycles. The topological polar surface area (TPSA) is 46.5 Å². The number of aryl methyl sites for hydroxylation is 1. The summed E-state index contributed by atoms with van der Waals surface area (Å²) in [5.41, 5.74) is 2.96. The van der Waals surface area contributed by atoms with Crippen molar-refractivity contribution in [1.82, 2.24) is 0 Å². The van der Waals surface area contributed by atoms with Gasteiger partial charge in [-0.3, -0.25) is 4.79 Å². The zero-order valence-corrected chi connectivity index (χ0v) is 19.1. The highest BCUT2D eigenvalue weighted by Crippen LogP contribution is 2.40. The van der Waals surface area contributed by atoms with Gasteiger partial charge in [0.15, 0.2) is 0 Å². The van der Waals surface area contributed by atoms with E-state index in [0.717, 1.165) is 36.8 Å². The van der Waals surface area contributed by atoms with Crippen LogP contribution >= 0.6 is 12.6 Å². The van der Waals surface area contributed by atoms with Gasteiger partial charge < -0.3 is 9.84 Å². The van der Waals surface area contributed by atoms with E-state index in [-0.39, 0.29) is 22.0 Å². The third-order valence-electron chi connectivity index (χ3n) is 4.79. The van der Waals surface area contributed by atoms with Gasteiger partial charge >= 0.3 is 5.97 Å². The van der Waals surface area contributed by atoms with Crippen LogP contribution in [0.3, 0.4) is 0 Å². The molecule has 0 amide bonds. The van der Waals surface area contributed by atoms with Crippen LogP contribution in [0.5, 0.6) is 5.75 Å². The highest BCUT2D eigenvalue weighted by atomic mass is 32.1. The zero-order valence-electron chi connectivity index (χ0n) is 18.2. The molecule has 1 unspecified atom stereocenters. The van der Waals surface area contributed by atoms with Crippen molar-refractivity contribution >= 4 is 18.6 Å². The van der Waals surface area contributed by atoms with Gasteiger partial charge in [-0.25, -0.2) is 0 Å². The van der Waals surface area contributed by atoms with E-state index >= 15 is 0 Å². The van der Waals surface area contributed by atoms with Crippen molar-refractivity contribution in [2.75, 3.05) is 6.61 Å². The molecule has 1 atom stereocenters. The van der Waals surface area contributed by atoms with Crippen LogP contribution in [0.4, 0.5) is 0 Å².